The maximum Gasteiger partial charge on any atom is 0.121 e. The van der Waals surface area contributed by atoms with Gasteiger partial charge in [0.15, 0.2) is 0 Å². The molecule has 104 valence electrons. The molecule has 1 aromatic heterocycles. The molecule has 18 heavy (non-hydrogen) atoms. The molecular formula is C13H24N2O3. The molecule has 0 aliphatic rings. The highest BCUT2D eigenvalue weighted by Gasteiger charge is 2.16. The second kappa shape index (κ2) is 8.26. The number of ether oxygens (including phenoxy) is 2. The van der Waals surface area contributed by atoms with Crippen LogP contribution in [0, 0.1) is 0 Å². The third kappa shape index (κ3) is 4.42. The summed E-state index contributed by atoms with van der Waals surface area (Å²) >= 11 is 0. The summed E-state index contributed by atoms with van der Waals surface area (Å²) in [4.78, 5) is 2.30. The Hall–Kier alpha value is -0.880. The lowest BCUT2D eigenvalue weighted by molar-refractivity contribution is 0.0702. The summed E-state index contributed by atoms with van der Waals surface area (Å²) in [6, 6.07) is 2.30. The minimum absolute atomic E-state index is 0.325. The zero-order valence-corrected chi connectivity index (χ0v) is 11.5. The molecule has 1 unspecified atom stereocenters. The van der Waals surface area contributed by atoms with E-state index in [2.05, 4.69) is 11.8 Å². The van der Waals surface area contributed by atoms with Crippen LogP contribution in [0.2, 0.25) is 0 Å². The van der Waals surface area contributed by atoms with Gasteiger partial charge in [0.25, 0.3) is 0 Å². The van der Waals surface area contributed by atoms with E-state index in [1.54, 1.807) is 20.5 Å². The first-order chi connectivity index (χ1) is 8.72. The zero-order valence-electron chi connectivity index (χ0n) is 11.5. The Labute approximate surface area is 109 Å². The topological polar surface area (TPSA) is 60.9 Å². The summed E-state index contributed by atoms with van der Waals surface area (Å²) < 4.78 is 15.7. The Morgan fingerprint density at radius 1 is 1.39 bits per heavy atom. The molecule has 0 saturated heterocycles. The van der Waals surface area contributed by atoms with Crippen LogP contribution in [-0.2, 0) is 22.6 Å². The molecule has 1 atom stereocenters. The summed E-state index contributed by atoms with van der Waals surface area (Å²) in [5.74, 6) is 0.849. The molecule has 0 fully saturated rings. The van der Waals surface area contributed by atoms with Crippen LogP contribution in [0.1, 0.15) is 18.2 Å². The molecule has 5 heteroatoms. The number of nitrogens with two attached hydrogens (primary N) is 1. The van der Waals surface area contributed by atoms with E-state index in [9.17, 15) is 0 Å². The van der Waals surface area contributed by atoms with Gasteiger partial charge in [-0.2, -0.15) is 0 Å². The third-order valence-corrected chi connectivity index (χ3v) is 3.01. The van der Waals surface area contributed by atoms with E-state index >= 15 is 0 Å². The lowest BCUT2D eigenvalue weighted by Crippen LogP contribution is -2.38. The molecule has 0 aromatic carbocycles. The van der Waals surface area contributed by atoms with Crippen molar-refractivity contribution in [3.05, 3.63) is 23.7 Å². The van der Waals surface area contributed by atoms with Gasteiger partial charge in [-0.25, -0.2) is 0 Å². The highest BCUT2D eigenvalue weighted by atomic mass is 16.5. The first-order valence-electron chi connectivity index (χ1n) is 6.20. The predicted octanol–water partition coefficient (Wildman–Crippen LogP) is 1.22. The van der Waals surface area contributed by atoms with Crippen LogP contribution in [0.25, 0.3) is 0 Å². The second-order valence-electron chi connectivity index (χ2n) is 4.34. The molecule has 0 aliphatic heterocycles. The Morgan fingerprint density at radius 2 is 2.17 bits per heavy atom. The average molecular weight is 256 g/mol. The van der Waals surface area contributed by atoms with Crippen molar-refractivity contribution in [3.63, 3.8) is 0 Å². The fourth-order valence-electron chi connectivity index (χ4n) is 1.92. The highest BCUT2D eigenvalue weighted by molar-refractivity contribution is 5.16. The van der Waals surface area contributed by atoms with Gasteiger partial charge in [0.05, 0.1) is 26.0 Å². The highest BCUT2D eigenvalue weighted by Crippen LogP contribution is 2.14. The Bertz CT molecular complexity index is 328. The largest absolute Gasteiger partial charge is 0.468 e. The normalized spacial score (nSPS) is 13.2. The van der Waals surface area contributed by atoms with Crippen molar-refractivity contribution in [2.75, 3.05) is 34.0 Å². The van der Waals surface area contributed by atoms with Gasteiger partial charge in [0, 0.05) is 38.9 Å². The van der Waals surface area contributed by atoms with E-state index < -0.39 is 0 Å². The van der Waals surface area contributed by atoms with Gasteiger partial charge >= 0.3 is 0 Å². The number of nitrogens with zero attached hydrogens (tertiary/aromatic N) is 1. The quantitative estimate of drug-likeness (QED) is 0.720. The van der Waals surface area contributed by atoms with E-state index in [0.29, 0.717) is 25.8 Å². The number of hydrogen-bond donors (Lipinski definition) is 1. The molecule has 0 spiro atoms. The van der Waals surface area contributed by atoms with Gasteiger partial charge in [-0.15, -0.1) is 0 Å². The van der Waals surface area contributed by atoms with Crippen molar-refractivity contribution in [1.82, 2.24) is 4.90 Å². The summed E-state index contributed by atoms with van der Waals surface area (Å²) in [5.41, 5.74) is 6.78. The summed E-state index contributed by atoms with van der Waals surface area (Å²) in [6.45, 7) is 5.62. The van der Waals surface area contributed by atoms with E-state index in [0.717, 1.165) is 24.4 Å². The van der Waals surface area contributed by atoms with Crippen molar-refractivity contribution in [2.45, 2.75) is 26.1 Å². The SMILES string of the molecule is COCCN(Cc1ccoc1CN)C(C)COC. The molecule has 0 saturated carbocycles. The monoisotopic (exact) mass is 256 g/mol. The van der Waals surface area contributed by atoms with Gasteiger partial charge in [0.2, 0.25) is 0 Å². The Kier molecular flexibility index (Phi) is 6.97. The van der Waals surface area contributed by atoms with E-state index in [1.165, 1.54) is 0 Å². The molecule has 1 aromatic rings. The van der Waals surface area contributed by atoms with Crippen LogP contribution in [0.5, 0.6) is 0 Å². The smallest absolute Gasteiger partial charge is 0.121 e. The lowest BCUT2D eigenvalue weighted by atomic mass is 10.2. The van der Waals surface area contributed by atoms with Crippen molar-refractivity contribution < 1.29 is 13.9 Å². The van der Waals surface area contributed by atoms with Crippen LogP contribution in [0.15, 0.2) is 16.7 Å². The molecular weight excluding hydrogens is 232 g/mol. The Morgan fingerprint density at radius 3 is 2.78 bits per heavy atom. The maximum atomic E-state index is 5.64. The van der Waals surface area contributed by atoms with Gasteiger partial charge in [-0.05, 0) is 13.0 Å². The van der Waals surface area contributed by atoms with Crippen LogP contribution in [0.3, 0.4) is 0 Å². The minimum Gasteiger partial charge on any atom is -0.468 e. The van der Waals surface area contributed by atoms with Gasteiger partial charge < -0.3 is 19.6 Å². The van der Waals surface area contributed by atoms with Crippen LogP contribution in [0.4, 0.5) is 0 Å². The fraction of sp³-hybridized carbons (Fsp3) is 0.692. The number of furan rings is 1. The van der Waals surface area contributed by atoms with E-state index in [4.69, 9.17) is 19.6 Å². The van der Waals surface area contributed by atoms with Crippen LogP contribution in [-0.4, -0.2) is 44.9 Å². The van der Waals surface area contributed by atoms with Crippen molar-refractivity contribution in [1.29, 1.82) is 0 Å². The second-order valence-corrected chi connectivity index (χ2v) is 4.34. The lowest BCUT2D eigenvalue weighted by Gasteiger charge is -2.28. The maximum absolute atomic E-state index is 5.64. The van der Waals surface area contributed by atoms with Crippen LogP contribution >= 0.6 is 0 Å². The average Bonchev–Trinajstić information content (AvgIpc) is 2.81. The van der Waals surface area contributed by atoms with Crippen LogP contribution < -0.4 is 5.73 Å². The summed E-state index contributed by atoms with van der Waals surface area (Å²) in [5, 5.41) is 0. The number of methoxy groups -OCH3 is 2. The molecule has 1 heterocycles. The van der Waals surface area contributed by atoms with Gasteiger partial charge in [-0.3, -0.25) is 4.90 Å². The first kappa shape index (κ1) is 15.2. The first-order valence-corrected chi connectivity index (χ1v) is 6.20. The Balaban J connectivity index is 2.64. The predicted molar refractivity (Wildman–Crippen MR) is 70.2 cm³/mol. The molecule has 1 rings (SSSR count). The molecule has 5 nitrogen and oxygen atoms in total. The van der Waals surface area contributed by atoms with E-state index in [-0.39, 0.29) is 0 Å². The van der Waals surface area contributed by atoms with Gasteiger partial charge in [0.1, 0.15) is 5.76 Å². The standard InChI is InChI=1S/C13H24N2O3/c1-11(10-17-3)15(5-7-16-2)9-12-4-6-18-13(12)8-14/h4,6,11H,5,7-10,14H2,1-3H3. The van der Waals surface area contributed by atoms with Crippen molar-refractivity contribution in [2.24, 2.45) is 5.73 Å². The molecule has 0 amide bonds. The minimum atomic E-state index is 0.325. The number of hydrogen-bond acceptors (Lipinski definition) is 5. The molecule has 0 aliphatic carbocycles. The third-order valence-electron chi connectivity index (χ3n) is 3.01. The van der Waals surface area contributed by atoms with Crippen molar-refractivity contribution >= 4 is 0 Å². The molecule has 2 N–H and O–H groups in total. The van der Waals surface area contributed by atoms with Gasteiger partial charge in [-0.1, -0.05) is 0 Å². The molecule has 0 bridgehead atoms. The van der Waals surface area contributed by atoms with E-state index in [1.807, 2.05) is 6.07 Å². The summed E-state index contributed by atoms with van der Waals surface area (Å²) in [7, 11) is 3.43. The molecule has 0 radical (unpaired) electrons. The zero-order chi connectivity index (χ0) is 13.4. The van der Waals surface area contributed by atoms with Crippen molar-refractivity contribution in [3.8, 4) is 0 Å². The fourth-order valence-corrected chi connectivity index (χ4v) is 1.92. The number of rotatable bonds is 9. The summed E-state index contributed by atoms with van der Waals surface area (Å²) in [6.07, 6.45) is 1.69.